The first-order chi connectivity index (χ1) is 9.60. The van der Waals surface area contributed by atoms with Crippen LogP contribution in [-0.4, -0.2) is 15.0 Å². The molecule has 0 aromatic carbocycles. The van der Waals surface area contributed by atoms with Crippen LogP contribution in [0, 0.1) is 6.92 Å². The fourth-order valence-corrected chi connectivity index (χ4v) is 1.77. The molecule has 0 radical (unpaired) electrons. The van der Waals surface area contributed by atoms with Crippen LogP contribution in [0.25, 0.3) is 0 Å². The molecule has 6 nitrogen and oxygen atoms in total. The molecule has 2 rings (SSSR count). The largest absolute Gasteiger partial charge is 0.364 e. The van der Waals surface area contributed by atoms with Crippen molar-refractivity contribution in [3.63, 3.8) is 0 Å². The van der Waals surface area contributed by atoms with E-state index in [1.54, 1.807) is 12.3 Å². The number of hydrogen-bond donors (Lipinski definition) is 3. The first-order valence-electron chi connectivity index (χ1n) is 6.60. The van der Waals surface area contributed by atoms with Gasteiger partial charge in [-0.1, -0.05) is 19.9 Å². The monoisotopic (exact) mass is 272 g/mol. The van der Waals surface area contributed by atoms with Gasteiger partial charge in [-0.15, -0.1) is 0 Å². The van der Waals surface area contributed by atoms with Crippen molar-refractivity contribution in [2.24, 2.45) is 5.84 Å². The molecule has 0 saturated carbocycles. The van der Waals surface area contributed by atoms with Gasteiger partial charge in [0.1, 0.15) is 17.5 Å². The third kappa shape index (κ3) is 3.42. The van der Waals surface area contributed by atoms with Crippen LogP contribution in [0.2, 0.25) is 0 Å². The average molecular weight is 272 g/mol. The molecule has 20 heavy (non-hydrogen) atoms. The van der Waals surface area contributed by atoms with Crippen molar-refractivity contribution in [1.82, 2.24) is 15.0 Å². The average Bonchev–Trinajstić information content (AvgIpc) is 2.46. The molecule has 0 fully saturated rings. The minimum absolute atomic E-state index is 0.237. The van der Waals surface area contributed by atoms with Gasteiger partial charge in [-0.3, -0.25) is 4.98 Å². The van der Waals surface area contributed by atoms with E-state index in [0.717, 1.165) is 22.9 Å². The van der Waals surface area contributed by atoms with Gasteiger partial charge in [0.05, 0.1) is 12.2 Å². The summed E-state index contributed by atoms with van der Waals surface area (Å²) < 4.78 is 0. The fourth-order valence-electron chi connectivity index (χ4n) is 1.77. The summed E-state index contributed by atoms with van der Waals surface area (Å²) in [4.78, 5) is 13.1. The highest BCUT2D eigenvalue weighted by molar-refractivity contribution is 5.47. The third-order valence-electron chi connectivity index (χ3n) is 2.96. The van der Waals surface area contributed by atoms with E-state index in [0.29, 0.717) is 12.4 Å². The molecule has 6 heteroatoms. The van der Waals surface area contributed by atoms with Crippen LogP contribution in [0.3, 0.4) is 0 Å². The topological polar surface area (TPSA) is 88.8 Å². The van der Waals surface area contributed by atoms with Crippen molar-refractivity contribution in [3.8, 4) is 0 Å². The number of rotatable bonds is 5. The molecule has 2 heterocycles. The molecule has 0 amide bonds. The second kappa shape index (κ2) is 6.29. The summed E-state index contributed by atoms with van der Waals surface area (Å²) in [5, 5.41) is 3.26. The summed E-state index contributed by atoms with van der Waals surface area (Å²) in [5.74, 6) is 7.76. The highest BCUT2D eigenvalue weighted by atomic mass is 15.3. The van der Waals surface area contributed by atoms with E-state index in [9.17, 15) is 0 Å². The van der Waals surface area contributed by atoms with Crippen molar-refractivity contribution in [2.45, 2.75) is 33.2 Å². The van der Waals surface area contributed by atoms with Gasteiger partial charge in [-0.05, 0) is 18.6 Å². The van der Waals surface area contributed by atoms with Crippen LogP contribution in [0.4, 0.5) is 11.6 Å². The smallest absolute Gasteiger partial charge is 0.145 e. The summed E-state index contributed by atoms with van der Waals surface area (Å²) in [6.07, 6.45) is 1.79. The van der Waals surface area contributed by atoms with Crippen molar-refractivity contribution in [3.05, 3.63) is 41.5 Å². The zero-order valence-corrected chi connectivity index (χ0v) is 12.0. The predicted octanol–water partition coefficient (Wildman–Crippen LogP) is 2.20. The molecule has 2 aromatic rings. The number of nitrogens with two attached hydrogens (primary N) is 1. The number of nitrogen functional groups attached to an aromatic ring is 1. The van der Waals surface area contributed by atoms with Gasteiger partial charge >= 0.3 is 0 Å². The number of nitrogens with one attached hydrogen (secondary N) is 2. The number of anilines is 2. The third-order valence-corrected chi connectivity index (χ3v) is 2.96. The first-order valence-corrected chi connectivity index (χ1v) is 6.60. The number of aryl methyl sites for hydroxylation is 1. The van der Waals surface area contributed by atoms with Gasteiger partial charge in [-0.2, -0.15) is 0 Å². The molecular weight excluding hydrogens is 252 g/mol. The number of hydrogen-bond acceptors (Lipinski definition) is 6. The molecular formula is C14H20N6. The minimum Gasteiger partial charge on any atom is -0.364 e. The van der Waals surface area contributed by atoms with Gasteiger partial charge < -0.3 is 10.7 Å². The quantitative estimate of drug-likeness (QED) is 0.571. The summed E-state index contributed by atoms with van der Waals surface area (Å²) in [6.45, 7) is 6.74. The first kappa shape index (κ1) is 14.2. The van der Waals surface area contributed by atoms with E-state index in [1.807, 2.05) is 32.9 Å². The SMILES string of the molecule is Cc1cccnc1CNc1cc(NN)nc(C(C)C)n1. The number of hydrazine groups is 1. The Balaban J connectivity index is 2.17. The van der Waals surface area contributed by atoms with E-state index < -0.39 is 0 Å². The summed E-state index contributed by atoms with van der Waals surface area (Å²) in [7, 11) is 0. The van der Waals surface area contributed by atoms with Crippen LogP contribution in [0.1, 0.15) is 36.8 Å². The molecule has 0 aliphatic rings. The van der Waals surface area contributed by atoms with Crippen molar-refractivity contribution >= 4 is 11.6 Å². The van der Waals surface area contributed by atoms with Crippen LogP contribution >= 0.6 is 0 Å². The Bertz CT molecular complexity index is 582. The summed E-state index contributed by atoms with van der Waals surface area (Å²) in [6, 6.07) is 5.75. The molecule has 0 bridgehead atoms. The second-order valence-corrected chi connectivity index (χ2v) is 4.92. The van der Waals surface area contributed by atoms with Crippen LogP contribution < -0.4 is 16.6 Å². The minimum atomic E-state index is 0.237. The maximum Gasteiger partial charge on any atom is 0.145 e. The molecule has 0 aliphatic heterocycles. The highest BCUT2D eigenvalue weighted by Gasteiger charge is 2.08. The zero-order valence-electron chi connectivity index (χ0n) is 12.0. The number of nitrogens with zero attached hydrogens (tertiary/aromatic N) is 3. The van der Waals surface area contributed by atoms with Crippen LogP contribution in [-0.2, 0) is 6.54 Å². The highest BCUT2D eigenvalue weighted by Crippen LogP contribution is 2.17. The molecule has 4 N–H and O–H groups in total. The lowest BCUT2D eigenvalue weighted by molar-refractivity contribution is 0.774. The second-order valence-electron chi connectivity index (χ2n) is 4.92. The molecule has 106 valence electrons. The fraction of sp³-hybridized carbons (Fsp3) is 0.357. The molecule has 0 spiro atoms. The van der Waals surface area contributed by atoms with E-state index in [4.69, 9.17) is 5.84 Å². The van der Waals surface area contributed by atoms with Crippen molar-refractivity contribution < 1.29 is 0 Å². The van der Waals surface area contributed by atoms with Gasteiger partial charge in [-0.25, -0.2) is 15.8 Å². The van der Waals surface area contributed by atoms with Gasteiger partial charge in [0.15, 0.2) is 0 Å². The predicted molar refractivity (Wildman–Crippen MR) is 80.2 cm³/mol. The normalized spacial score (nSPS) is 10.7. The Labute approximate surface area is 118 Å². The molecule has 0 saturated heterocycles. The Morgan fingerprint density at radius 3 is 2.65 bits per heavy atom. The Kier molecular flexibility index (Phi) is 4.47. The maximum absolute atomic E-state index is 5.44. The Hall–Kier alpha value is -2.21. The van der Waals surface area contributed by atoms with Crippen molar-refractivity contribution in [2.75, 3.05) is 10.7 Å². The summed E-state index contributed by atoms with van der Waals surface area (Å²) >= 11 is 0. The molecule has 0 unspecified atom stereocenters. The van der Waals surface area contributed by atoms with Gasteiger partial charge in [0.2, 0.25) is 0 Å². The van der Waals surface area contributed by atoms with Crippen LogP contribution in [0.5, 0.6) is 0 Å². The molecule has 2 aromatic heterocycles. The van der Waals surface area contributed by atoms with E-state index in [-0.39, 0.29) is 5.92 Å². The number of pyridine rings is 1. The lowest BCUT2D eigenvalue weighted by Gasteiger charge is -2.11. The lowest BCUT2D eigenvalue weighted by atomic mass is 10.2. The molecule has 0 atom stereocenters. The van der Waals surface area contributed by atoms with E-state index in [1.165, 1.54) is 0 Å². The van der Waals surface area contributed by atoms with E-state index in [2.05, 4.69) is 25.7 Å². The summed E-state index contributed by atoms with van der Waals surface area (Å²) in [5.41, 5.74) is 4.71. The molecule has 0 aliphatic carbocycles. The van der Waals surface area contributed by atoms with Crippen LogP contribution in [0.15, 0.2) is 24.4 Å². The van der Waals surface area contributed by atoms with E-state index >= 15 is 0 Å². The maximum atomic E-state index is 5.44. The Morgan fingerprint density at radius 1 is 1.25 bits per heavy atom. The van der Waals surface area contributed by atoms with Gasteiger partial charge in [0.25, 0.3) is 0 Å². The van der Waals surface area contributed by atoms with Gasteiger partial charge in [0, 0.05) is 18.2 Å². The number of aromatic nitrogens is 3. The Morgan fingerprint density at radius 2 is 2.00 bits per heavy atom. The van der Waals surface area contributed by atoms with Crippen molar-refractivity contribution in [1.29, 1.82) is 0 Å². The standard InChI is InChI=1S/C14H20N6/c1-9(2)14-18-12(7-13(19-14)20-15)17-8-11-10(3)5-4-6-16-11/h4-7,9H,8,15H2,1-3H3,(H2,17,18,19,20). The lowest BCUT2D eigenvalue weighted by Crippen LogP contribution is -2.13. The zero-order chi connectivity index (χ0) is 14.5.